The Labute approximate surface area is 120 Å². The maximum Gasteiger partial charge on any atom is 0.354 e. The van der Waals surface area contributed by atoms with Crippen molar-refractivity contribution >= 4 is 29.2 Å². The van der Waals surface area contributed by atoms with Crippen LogP contribution in [0.4, 0.5) is 5.69 Å². The maximum absolute atomic E-state index is 11.8. The van der Waals surface area contributed by atoms with Crippen LogP contribution in [0.2, 0.25) is 5.02 Å². The molecule has 0 fully saturated rings. The monoisotopic (exact) mass is 290 g/mol. The van der Waals surface area contributed by atoms with E-state index in [0.29, 0.717) is 10.7 Å². The van der Waals surface area contributed by atoms with Crippen molar-refractivity contribution in [2.45, 2.75) is 6.42 Å². The fourth-order valence-electron chi connectivity index (χ4n) is 1.61. The topological polar surface area (TPSA) is 79.3 Å². The summed E-state index contributed by atoms with van der Waals surface area (Å²) in [5.41, 5.74) is 1.09. The van der Waals surface area contributed by atoms with Crippen molar-refractivity contribution in [2.24, 2.45) is 0 Å². The van der Waals surface area contributed by atoms with E-state index in [1.807, 2.05) is 0 Å². The van der Waals surface area contributed by atoms with E-state index in [1.165, 1.54) is 18.3 Å². The Morgan fingerprint density at radius 2 is 1.95 bits per heavy atom. The minimum atomic E-state index is -1.11. The Hall–Kier alpha value is -2.40. The van der Waals surface area contributed by atoms with E-state index in [1.54, 1.807) is 24.3 Å². The van der Waals surface area contributed by atoms with Crippen LogP contribution in [-0.4, -0.2) is 22.0 Å². The molecule has 1 heterocycles. The Bertz CT molecular complexity index is 641. The molecule has 0 saturated heterocycles. The summed E-state index contributed by atoms with van der Waals surface area (Å²) in [5, 5.41) is 11.9. The standard InChI is InChI=1S/C14H11ClN2O3/c15-11-4-2-1-3-9(11)7-13(18)17-10-5-6-12(14(19)20)16-8-10/h1-6,8H,7H2,(H,17,18)(H,19,20). The van der Waals surface area contributed by atoms with Gasteiger partial charge in [0.1, 0.15) is 5.69 Å². The van der Waals surface area contributed by atoms with Crippen molar-refractivity contribution in [2.75, 3.05) is 5.32 Å². The highest BCUT2D eigenvalue weighted by Gasteiger charge is 2.08. The number of carboxylic acid groups (broad SMARTS) is 1. The molecular formula is C14H11ClN2O3. The Morgan fingerprint density at radius 1 is 1.20 bits per heavy atom. The fraction of sp³-hybridized carbons (Fsp3) is 0.0714. The highest BCUT2D eigenvalue weighted by Crippen LogP contribution is 2.16. The Kier molecular flexibility index (Phi) is 4.32. The molecule has 2 N–H and O–H groups in total. The number of halogens is 1. The number of aromatic nitrogens is 1. The summed E-state index contributed by atoms with van der Waals surface area (Å²) >= 11 is 5.97. The highest BCUT2D eigenvalue weighted by molar-refractivity contribution is 6.31. The van der Waals surface area contributed by atoms with E-state index in [4.69, 9.17) is 16.7 Å². The second-order valence-corrected chi connectivity index (χ2v) is 4.46. The zero-order valence-corrected chi connectivity index (χ0v) is 11.1. The van der Waals surface area contributed by atoms with Crippen LogP contribution in [-0.2, 0) is 11.2 Å². The van der Waals surface area contributed by atoms with Gasteiger partial charge in [-0.15, -0.1) is 0 Å². The molecule has 0 aliphatic heterocycles. The number of amides is 1. The van der Waals surface area contributed by atoms with Gasteiger partial charge in [0.05, 0.1) is 18.3 Å². The van der Waals surface area contributed by atoms with Gasteiger partial charge in [-0.25, -0.2) is 9.78 Å². The predicted octanol–water partition coefficient (Wildman–Crippen LogP) is 2.61. The van der Waals surface area contributed by atoms with Gasteiger partial charge in [-0.1, -0.05) is 29.8 Å². The number of anilines is 1. The van der Waals surface area contributed by atoms with Crippen LogP contribution in [0.5, 0.6) is 0 Å². The van der Waals surface area contributed by atoms with Crippen LogP contribution in [0.15, 0.2) is 42.6 Å². The van der Waals surface area contributed by atoms with Gasteiger partial charge in [0.25, 0.3) is 0 Å². The maximum atomic E-state index is 11.8. The second-order valence-electron chi connectivity index (χ2n) is 4.05. The molecule has 102 valence electrons. The molecule has 0 bridgehead atoms. The lowest BCUT2D eigenvalue weighted by Crippen LogP contribution is -2.15. The summed E-state index contributed by atoms with van der Waals surface area (Å²) in [6.07, 6.45) is 1.44. The van der Waals surface area contributed by atoms with Gasteiger partial charge in [0.15, 0.2) is 0 Å². The lowest BCUT2D eigenvalue weighted by Gasteiger charge is -2.06. The van der Waals surface area contributed by atoms with Gasteiger partial charge in [-0.3, -0.25) is 4.79 Å². The number of carbonyl (C=O) groups is 2. The van der Waals surface area contributed by atoms with Crippen LogP contribution >= 0.6 is 11.6 Å². The Balaban J connectivity index is 2.01. The third kappa shape index (κ3) is 3.55. The van der Waals surface area contributed by atoms with E-state index in [2.05, 4.69) is 10.3 Å². The third-order valence-electron chi connectivity index (χ3n) is 2.58. The average molecular weight is 291 g/mol. The van der Waals surface area contributed by atoms with Gasteiger partial charge in [0, 0.05) is 5.02 Å². The van der Waals surface area contributed by atoms with Crippen molar-refractivity contribution < 1.29 is 14.7 Å². The van der Waals surface area contributed by atoms with Crippen LogP contribution < -0.4 is 5.32 Å². The zero-order chi connectivity index (χ0) is 14.5. The first kappa shape index (κ1) is 14.0. The molecule has 0 aliphatic carbocycles. The lowest BCUT2D eigenvalue weighted by molar-refractivity contribution is -0.115. The molecule has 0 unspecified atom stereocenters. The molecule has 1 aromatic carbocycles. The van der Waals surface area contributed by atoms with Gasteiger partial charge in [0.2, 0.25) is 5.91 Å². The number of hydrogen-bond acceptors (Lipinski definition) is 3. The first-order valence-corrected chi connectivity index (χ1v) is 6.16. The van der Waals surface area contributed by atoms with Crippen LogP contribution in [0.3, 0.4) is 0 Å². The predicted molar refractivity (Wildman–Crippen MR) is 75.0 cm³/mol. The quantitative estimate of drug-likeness (QED) is 0.907. The summed E-state index contributed by atoms with van der Waals surface area (Å²) in [7, 11) is 0. The van der Waals surface area contributed by atoms with Crippen molar-refractivity contribution in [3.05, 3.63) is 58.9 Å². The summed E-state index contributed by atoms with van der Waals surface area (Å²) in [4.78, 5) is 26.2. The Morgan fingerprint density at radius 3 is 2.55 bits per heavy atom. The number of rotatable bonds is 4. The molecule has 2 rings (SSSR count). The van der Waals surface area contributed by atoms with Crippen molar-refractivity contribution in [1.29, 1.82) is 0 Å². The molecule has 5 nitrogen and oxygen atoms in total. The van der Waals surface area contributed by atoms with Crippen LogP contribution in [0.1, 0.15) is 16.1 Å². The number of aromatic carboxylic acids is 1. The SMILES string of the molecule is O=C(Cc1ccccc1Cl)Nc1ccc(C(=O)O)nc1. The molecule has 0 radical (unpaired) electrons. The van der Waals surface area contributed by atoms with Gasteiger partial charge >= 0.3 is 5.97 Å². The number of carbonyl (C=O) groups excluding carboxylic acids is 1. The van der Waals surface area contributed by atoms with Gasteiger partial charge < -0.3 is 10.4 Å². The summed E-state index contributed by atoms with van der Waals surface area (Å²) in [5.74, 6) is -1.36. The normalized spacial score (nSPS) is 10.1. The van der Waals surface area contributed by atoms with E-state index in [9.17, 15) is 9.59 Å². The summed E-state index contributed by atoms with van der Waals surface area (Å²) < 4.78 is 0. The molecule has 6 heteroatoms. The number of nitrogens with zero attached hydrogens (tertiary/aromatic N) is 1. The number of benzene rings is 1. The molecule has 2 aromatic rings. The van der Waals surface area contributed by atoms with Crippen LogP contribution in [0, 0.1) is 0 Å². The van der Waals surface area contributed by atoms with Gasteiger partial charge in [-0.05, 0) is 23.8 Å². The first-order chi connectivity index (χ1) is 9.56. The van der Waals surface area contributed by atoms with Crippen molar-refractivity contribution in [3.63, 3.8) is 0 Å². The molecule has 0 saturated carbocycles. The number of pyridine rings is 1. The number of hydrogen-bond donors (Lipinski definition) is 2. The van der Waals surface area contributed by atoms with Crippen LogP contribution in [0.25, 0.3) is 0 Å². The fourth-order valence-corrected chi connectivity index (χ4v) is 1.82. The number of nitrogens with one attached hydrogen (secondary N) is 1. The molecular weight excluding hydrogens is 280 g/mol. The molecule has 0 aliphatic rings. The van der Waals surface area contributed by atoms with Crippen molar-refractivity contribution in [1.82, 2.24) is 4.98 Å². The van der Waals surface area contributed by atoms with Crippen molar-refractivity contribution in [3.8, 4) is 0 Å². The second kappa shape index (κ2) is 6.16. The third-order valence-corrected chi connectivity index (χ3v) is 2.94. The number of carboxylic acids is 1. The zero-order valence-electron chi connectivity index (χ0n) is 10.3. The van der Waals surface area contributed by atoms with E-state index < -0.39 is 5.97 Å². The summed E-state index contributed by atoms with van der Waals surface area (Å²) in [6, 6.07) is 9.89. The van der Waals surface area contributed by atoms with E-state index in [0.717, 1.165) is 5.56 Å². The lowest BCUT2D eigenvalue weighted by atomic mass is 10.1. The van der Waals surface area contributed by atoms with E-state index >= 15 is 0 Å². The minimum Gasteiger partial charge on any atom is -0.477 e. The highest BCUT2D eigenvalue weighted by atomic mass is 35.5. The minimum absolute atomic E-state index is 0.0749. The smallest absolute Gasteiger partial charge is 0.354 e. The molecule has 0 spiro atoms. The van der Waals surface area contributed by atoms with E-state index in [-0.39, 0.29) is 18.0 Å². The largest absolute Gasteiger partial charge is 0.477 e. The summed E-state index contributed by atoms with van der Waals surface area (Å²) in [6.45, 7) is 0. The molecule has 20 heavy (non-hydrogen) atoms. The first-order valence-electron chi connectivity index (χ1n) is 5.79. The molecule has 1 amide bonds. The van der Waals surface area contributed by atoms with Gasteiger partial charge in [-0.2, -0.15) is 0 Å². The average Bonchev–Trinajstić information content (AvgIpc) is 2.42. The molecule has 1 aromatic heterocycles. The molecule has 0 atom stereocenters.